The first-order chi connectivity index (χ1) is 7.30. The van der Waals surface area contributed by atoms with Crippen LogP contribution >= 0.6 is 0 Å². The molecule has 0 spiro atoms. The van der Waals surface area contributed by atoms with E-state index in [2.05, 4.69) is 0 Å². The minimum Gasteiger partial charge on any atom is -0.508 e. The molecular formula is C10H9F3O3. The molecule has 16 heavy (non-hydrogen) atoms. The molecule has 0 saturated carbocycles. The number of halogens is 3. The Morgan fingerprint density at radius 2 is 2.00 bits per heavy atom. The van der Waals surface area contributed by atoms with Crippen LogP contribution in [-0.4, -0.2) is 22.4 Å². The lowest BCUT2D eigenvalue weighted by molar-refractivity contribution is -0.163. The van der Waals surface area contributed by atoms with Crippen molar-refractivity contribution < 1.29 is 28.2 Å². The zero-order chi connectivity index (χ0) is 12.3. The molecule has 1 aromatic carbocycles. The van der Waals surface area contributed by atoms with Crippen LogP contribution in [0, 0.1) is 0 Å². The Labute approximate surface area is 89.1 Å². The molecule has 0 aliphatic carbocycles. The molecule has 88 valence electrons. The van der Waals surface area contributed by atoms with Crippen LogP contribution in [0.25, 0.3) is 0 Å². The van der Waals surface area contributed by atoms with E-state index in [0.29, 0.717) is 0 Å². The van der Waals surface area contributed by atoms with Gasteiger partial charge in [-0.1, -0.05) is 12.1 Å². The van der Waals surface area contributed by atoms with Gasteiger partial charge < -0.3 is 10.2 Å². The lowest BCUT2D eigenvalue weighted by atomic mass is 9.95. The number of benzene rings is 1. The molecule has 6 heteroatoms. The van der Waals surface area contributed by atoms with Gasteiger partial charge in [-0.3, -0.25) is 4.79 Å². The van der Waals surface area contributed by atoms with Crippen LogP contribution in [-0.2, 0) is 4.79 Å². The number of carboxylic acids is 1. The number of phenolic OH excluding ortho intramolecular Hbond substituents is 1. The van der Waals surface area contributed by atoms with Crippen molar-refractivity contribution in [2.75, 3.05) is 0 Å². The van der Waals surface area contributed by atoms with Crippen LogP contribution < -0.4 is 0 Å². The summed E-state index contributed by atoms with van der Waals surface area (Å²) >= 11 is 0. The molecule has 0 aliphatic heterocycles. The first-order valence-electron chi connectivity index (χ1n) is 4.38. The van der Waals surface area contributed by atoms with Crippen molar-refractivity contribution in [3.63, 3.8) is 0 Å². The van der Waals surface area contributed by atoms with Gasteiger partial charge in [0.15, 0.2) is 0 Å². The first kappa shape index (κ1) is 12.4. The lowest BCUT2D eigenvalue weighted by Gasteiger charge is -2.18. The van der Waals surface area contributed by atoms with E-state index in [0.717, 1.165) is 12.1 Å². The van der Waals surface area contributed by atoms with Gasteiger partial charge in [0.25, 0.3) is 0 Å². The van der Waals surface area contributed by atoms with Gasteiger partial charge in [-0.2, -0.15) is 13.2 Å². The maximum Gasteiger partial charge on any atom is 0.396 e. The van der Waals surface area contributed by atoms with Crippen molar-refractivity contribution >= 4 is 5.97 Å². The van der Waals surface area contributed by atoms with Crippen LogP contribution in [0.2, 0.25) is 0 Å². The summed E-state index contributed by atoms with van der Waals surface area (Å²) in [4.78, 5) is 10.4. The third-order valence-corrected chi connectivity index (χ3v) is 2.05. The largest absolute Gasteiger partial charge is 0.508 e. The maximum atomic E-state index is 12.6. The molecule has 0 saturated heterocycles. The molecule has 0 aliphatic rings. The van der Waals surface area contributed by atoms with E-state index in [-0.39, 0.29) is 11.3 Å². The Morgan fingerprint density at radius 1 is 1.38 bits per heavy atom. The van der Waals surface area contributed by atoms with E-state index in [1.807, 2.05) is 0 Å². The van der Waals surface area contributed by atoms with Crippen molar-refractivity contribution in [1.82, 2.24) is 0 Å². The van der Waals surface area contributed by atoms with E-state index in [4.69, 9.17) is 10.2 Å². The van der Waals surface area contributed by atoms with Crippen LogP contribution in [0.5, 0.6) is 5.75 Å². The van der Waals surface area contributed by atoms with Crippen LogP contribution in [0.3, 0.4) is 0 Å². The van der Waals surface area contributed by atoms with Gasteiger partial charge in [0.2, 0.25) is 0 Å². The molecule has 1 aromatic rings. The van der Waals surface area contributed by atoms with Crippen LogP contribution in [0.4, 0.5) is 13.2 Å². The zero-order valence-electron chi connectivity index (χ0n) is 8.03. The highest BCUT2D eigenvalue weighted by Gasteiger charge is 2.42. The Balaban J connectivity index is 3.06. The molecule has 1 rings (SSSR count). The van der Waals surface area contributed by atoms with Gasteiger partial charge in [-0.05, 0) is 17.7 Å². The fourth-order valence-electron chi connectivity index (χ4n) is 1.34. The smallest absolute Gasteiger partial charge is 0.396 e. The standard InChI is InChI=1S/C10H9F3O3/c11-10(12,13)8(5-9(15)16)6-2-1-3-7(14)4-6/h1-4,8,14H,5H2,(H,15,16)/t8-/m0/s1. The fraction of sp³-hybridized carbons (Fsp3) is 0.300. The number of carbonyl (C=O) groups is 1. The molecule has 3 nitrogen and oxygen atoms in total. The lowest BCUT2D eigenvalue weighted by Crippen LogP contribution is -2.23. The molecule has 0 aromatic heterocycles. The number of alkyl halides is 3. The summed E-state index contributed by atoms with van der Waals surface area (Å²) in [6.45, 7) is 0. The Kier molecular flexibility index (Phi) is 3.41. The summed E-state index contributed by atoms with van der Waals surface area (Å²) in [7, 11) is 0. The molecular weight excluding hydrogens is 225 g/mol. The second-order valence-electron chi connectivity index (χ2n) is 3.29. The monoisotopic (exact) mass is 234 g/mol. The molecule has 1 atom stereocenters. The molecule has 0 bridgehead atoms. The van der Waals surface area contributed by atoms with Gasteiger partial charge in [0, 0.05) is 0 Å². The van der Waals surface area contributed by atoms with Crippen molar-refractivity contribution in [2.45, 2.75) is 18.5 Å². The molecule has 0 radical (unpaired) electrons. The summed E-state index contributed by atoms with van der Waals surface area (Å²) in [5, 5.41) is 17.5. The predicted octanol–water partition coefficient (Wildman–Crippen LogP) is 2.51. The third-order valence-electron chi connectivity index (χ3n) is 2.05. The molecule has 0 fully saturated rings. The number of hydrogen-bond acceptors (Lipinski definition) is 2. The number of aliphatic carboxylic acids is 1. The van der Waals surface area contributed by atoms with E-state index in [1.54, 1.807) is 0 Å². The Hall–Kier alpha value is -1.72. The quantitative estimate of drug-likeness (QED) is 0.844. The molecule has 2 N–H and O–H groups in total. The maximum absolute atomic E-state index is 12.6. The van der Waals surface area contributed by atoms with Crippen molar-refractivity contribution in [1.29, 1.82) is 0 Å². The first-order valence-corrected chi connectivity index (χ1v) is 4.38. The summed E-state index contributed by atoms with van der Waals surface area (Å²) in [6, 6.07) is 4.52. The number of aromatic hydroxyl groups is 1. The predicted molar refractivity (Wildman–Crippen MR) is 49.2 cm³/mol. The van der Waals surface area contributed by atoms with Crippen molar-refractivity contribution in [3.8, 4) is 5.75 Å². The van der Waals surface area contributed by atoms with E-state index >= 15 is 0 Å². The van der Waals surface area contributed by atoms with Crippen LogP contribution in [0.15, 0.2) is 24.3 Å². The van der Waals surface area contributed by atoms with E-state index in [1.165, 1.54) is 12.1 Å². The second kappa shape index (κ2) is 4.42. The number of carboxylic acid groups (broad SMARTS) is 1. The Morgan fingerprint density at radius 3 is 2.44 bits per heavy atom. The Bertz CT molecular complexity index is 387. The summed E-state index contributed by atoms with van der Waals surface area (Å²) in [5.74, 6) is -3.96. The van der Waals surface area contributed by atoms with Gasteiger partial charge in [-0.15, -0.1) is 0 Å². The number of phenols is 1. The van der Waals surface area contributed by atoms with Crippen LogP contribution in [0.1, 0.15) is 17.9 Å². The van der Waals surface area contributed by atoms with Gasteiger partial charge >= 0.3 is 12.1 Å². The SMILES string of the molecule is O=C(O)C[C@@H](c1cccc(O)c1)C(F)(F)F. The second-order valence-corrected chi connectivity index (χ2v) is 3.29. The highest BCUT2D eigenvalue weighted by atomic mass is 19.4. The molecule has 0 heterocycles. The average molecular weight is 234 g/mol. The topological polar surface area (TPSA) is 57.5 Å². The molecule has 0 unspecified atom stereocenters. The van der Waals surface area contributed by atoms with E-state index < -0.39 is 24.5 Å². The van der Waals surface area contributed by atoms with Crippen molar-refractivity contribution in [3.05, 3.63) is 29.8 Å². The minimum atomic E-state index is -4.65. The summed E-state index contributed by atoms with van der Waals surface area (Å²) in [5.41, 5.74) is -0.255. The number of hydrogen-bond donors (Lipinski definition) is 2. The minimum absolute atomic E-state index is 0.255. The zero-order valence-corrected chi connectivity index (χ0v) is 8.03. The highest BCUT2D eigenvalue weighted by molar-refractivity contribution is 5.68. The average Bonchev–Trinajstić information content (AvgIpc) is 2.12. The van der Waals surface area contributed by atoms with Gasteiger partial charge in [0.05, 0.1) is 12.3 Å². The van der Waals surface area contributed by atoms with Gasteiger partial charge in [-0.25, -0.2) is 0 Å². The fourth-order valence-corrected chi connectivity index (χ4v) is 1.34. The molecule has 0 amide bonds. The summed E-state index contributed by atoms with van der Waals surface area (Å²) in [6.07, 6.45) is -5.70. The summed E-state index contributed by atoms with van der Waals surface area (Å²) < 4.78 is 37.7. The van der Waals surface area contributed by atoms with Gasteiger partial charge in [0.1, 0.15) is 5.75 Å². The normalized spacial score (nSPS) is 13.4. The third kappa shape index (κ3) is 3.15. The van der Waals surface area contributed by atoms with Crippen molar-refractivity contribution in [2.24, 2.45) is 0 Å². The highest BCUT2D eigenvalue weighted by Crippen LogP contribution is 2.38. The number of rotatable bonds is 3. The van der Waals surface area contributed by atoms with E-state index in [9.17, 15) is 18.0 Å².